The standard InChI is InChI=1S/C18H16N6.C3H4O4/c1-5-19-6-2-15(1)13-23-11-9-21-17(23)18-22-10-12-24(18)14-16-3-7-20-8-4-16;4-2(5)1-3(6)7/h1-12H,13-14H2;1H2,(H,4,5)(H,6,7). The molecule has 31 heavy (non-hydrogen) atoms. The molecule has 0 aliphatic heterocycles. The van der Waals surface area contributed by atoms with Crippen LogP contribution < -0.4 is 0 Å². The van der Waals surface area contributed by atoms with Gasteiger partial charge in [0.1, 0.15) is 6.42 Å². The molecule has 4 aromatic rings. The van der Waals surface area contributed by atoms with Gasteiger partial charge in [-0.1, -0.05) is 0 Å². The third-order valence-corrected chi connectivity index (χ3v) is 4.14. The predicted octanol–water partition coefficient (Wildman–Crippen LogP) is 2.18. The maximum Gasteiger partial charge on any atom is 0.314 e. The minimum absolute atomic E-state index is 0.736. The average molecular weight is 420 g/mol. The van der Waals surface area contributed by atoms with E-state index in [4.69, 9.17) is 10.2 Å². The van der Waals surface area contributed by atoms with E-state index in [0.29, 0.717) is 0 Å². The zero-order valence-electron chi connectivity index (χ0n) is 16.4. The van der Waals surface area contributed by atoms with E-state index in [1.165, 1.54) is 11.1 Å². The maximum absolute atomic E-state index is 9.43. The Morgan fingerprint density at radius 2 is 1.06 bits per heavy atom. The third-order valence-electron chi connectivity index (χ3n) is 4.14. The van der Waals surface area contributed by atoms with Gasteiger partial charge in [0.25, 0.3) is 0 Å². The number of carboxylic acid groups (broad SMARTS) is 2. The first-order valence-electron chi connectivity index (χ1n) is 9.27. The molecule has 0 atom stereocenters. The van der Waals surface area contributed by atoms with Gasteiger partial charge in [0.2, 0.25) is 0 Å². The molecule has 0 aromatic carbocycles. The molecule has 2 N–H and O–H groups in total. The molecule has 0 saturated heterocycles. The predicted molar refractivity (Wildman–Crippen MR) is 110 cm³/mol. The average Bonchev–Trinajstić information content (AvgIpc) is 3.38. The molecule has 158 valence electrons. The Labute approximate surface area is 177 Å². The largest absolute Gasteiger partial charge is 0.481 e. The summed E-state index contributed by atoms with van der Waals surface area (Å²) in [6.07, 6.45) is 14.0. The van der Waals surface area contributed by atoms with Crippen molar-refractivity contribution in [2.24, 2.45) is 0 Å². The zero-order chi connectivity index (χ0) is 22.1. The topological polar surface area (TPSA) is 136 Å². The Balaban J connectivity index is 0.000000339. The lowest BCUT2D eigenvalue weighted by Crippen LogP contribution is -2.07. The van der Waals surface area contributed by atoms with Crippen molar-refractivity contribution >= 4 is 11.9 Å². The molecule has 4 rings (SSSR count). The van der Waals surface area contributed by atoms with Crippen LogP contribution in [0.1, 0.15) is 17.5 Å². The van der Waals surface area contributed by atoms with E-state index >= 15 is 0 Å². The van der Waals surface area contributed by atoms with Crippen LogP contribution in [-0.2, 0) is 22.7 Å². The Morgan fingerprint density at radius 3 is 1.39 bits per heavy atom. The van der Waals surface area contributed by atoms with E-state index in [2.05, 4.69) is 29.1 Å². The SMILES string of the molecule is O=C(O)CC(=O)O.c1cc(Cn2ccnc2-c2nccn2Cc2ccncc2)ccn1. The second kappa shape index (κ2) is 10.4. The minimum Gasteiger partial charge on any atom is -0.481 e. The number of imidazole rings is 2. The highest BCUT2D eigenvalue weighted by Crippen LogP contribution is 2.18. The Hall–Kier alpha value is -4.34. The summed E-state index contributed by atoms with van der Waals surface area (Å²) in [7, 11) is 0. The highest BCUT2D eigenvalue weighted by Gasteiger charge is 2.13. The summed E-state index contributed by atoms with van der Waals surface area (Å²) in [6, 6.07) is 8.03. The molecule has 0 amide bonds. The van der Waals surface area contributed by atoms with Crippen LogP contribution in [0.15, 0.2) is 73.8 Å². The summed E-state index contributed by atoms with van der Waals surface area (Å²) in [5.41, 5.74) is 2.35. The van der Waals surface area contributed by atoms with Gasteiger partial charge < -0.3 is 19.3 Å². The first-order chi connectivity index (χ1) is 15.0. The van der Waals surface area contributed by atoms with Crippen LogP contribution in [0.5, 0.6) is 0 Å². The first-order valence-corrected chi connectivity index (χ1v) is 9.27. The molecule has 4 heterocycles. The zero-order valence-corrected chi connectivity index (χ0v) is 16.4. The Bertz CT molecular complexity index is 1040. The molecule has 0 unspecified atom stereocenters. The van der Waals surface area contributed by atoms with Gasteiger partial charge in [0.05, 0.1) is 0 Å². The van der Waals surface area contributed by atoms with Crippen molar-refractivity contribution in [3.05, 3.63) is 85.0 Å². The summed E-state index contributed by atoms with van der Waals surface area (Å²) in [4.78, 5) is 36.0. The van der Waals surface area contributed by atoms with E-state index in [-0.39, 0.29) is 0 Å². The molecular formula is C21H20N6O4. The van der Waals surface area contributed by atoms with E-state index < -0.39 is 18.4 Å². The van der Waals surface area contributed by atoms with Crippen molar-refractivity contribution in [3.8, 4) is 11.6 Å². The lowest BCUT2D eigenvalue weighted by molar-refractivity contribution is -0.147. The number of carboxylic acids is 2. The summed E-state index contributed by atoms with van der Waals surface area (Å²) in [5, 5.41) is 15.4. The van der Waals surface area contributed by atoms with Crippen LogP contribution in [0.3, 0.4) is 0 Å². The number of carbonyl (C=O) groups is 2. The highest BCUT2D eigenvalue weighted by atomic mass is 16.4. The monoisotopic (exact) mass is 420 g/mol. The van der Waals surface area contributed by atoms with Gasteiger partial charge in [-0.25, -0.2) is 9.97 Å². The van der Waals surface area contributed by atoms with Crippen molar-refractivity contribution < 1.29 is 19.8 Å². The van der Waals surface area contributed by atoms with Gasteiger partial charge in [0, 0.05) is 62.7 Å². The van der Waals surface area contributed by atoms with Crippen LogP contribution in [0, 0.1) is 0 Å². The molecule has 0 aliphatic rings. The van der Waals surface area contributed by atoms with Gasteiger partial charge in [0.15, 0.2) is 11.6 Å². The normalized spacial score (nSPS) is 10.2. The molecule has 0 aliphatic carbocycles. The highest BCUT2D eigenvalue weighted by molar-refractivity contribution is 5.88. The molecule has 0 radical (unpaired) electrons. The van der Waals surface area contributed by atoms with Crippen molar-refractivity contribution in [3.63, 3.8) is 0 Å². The Kier molecular flexibility index (Phi) is 7.20. The van der Waals surface area contributed by atoms with E-state index in [9.17, 15) is 9.59 Å². The number of hydrogen-bond acceptors (Lipinski definition) is 6. The first kappa shape index (κ1) is 21.4. The van der Waals surface area contributed by atoms with E-state index in [1.807, 2.05) is 49.1 Å². The third kappa shape index (κ3) is 6.32. The maximum atomic E-state index is 9.43. The van der Waals surface area contributed by atoms with Crippen LogP contribution in [-0.4, -0.2) is 51.2 Å². The number of aromatic nitrogens is 6. The van der Waals surface area contributed by atoms with Crippen LogP contribution in [0.25, 0.3) is 11.6 Å². The Morgan fingerprint density at radius 1 is 0.677 bits per heavy atom. The smallest absolute Gasteiger partial charge is 0.314 e. The minimum atomic E-state index is -1.31. The van der Waals surface area contributed by atoms with E-state index in [0.717, 1.165) is 24.7 Å². The molecule has 0 fully saturated rings. The van der Waals surface area contributed by atoms with E-state index in [1.54, 1.807) is 24.8 Å². The molecule has 0 saturated carbocycles. The number of pyridine rings is 2. The lowest BCUT2D eigenvalue weighted by atomic mass is 10.2. The van der Waals surface area contributed by atoms with Gasteiger partial charge in [-0.05, 0) is 35.4 Å². The number of nitrogens with zero attached hydrogens (tertiary/aromatic N) is 6. The fourth-order valence-electron chi connectivity index (χ4n) is 2.79. The van der Waals surface area contributed by atoms with Gasteiger partial charge in [-0.2, -0.15) is 0 Å². The summed E-state index contributed by atoms with van der Waals surface area (Å²) >= 11 is 0. The van der Waals surface area contributed by atoms with Gasteiger partial charge in [-0.3, -0.25) is 19.6 Å². The van der Waals surface area contributed by atoms with Crippen molar-refractivity contribution in [2.45, 2.75) is 19.5 Å². The number of rotatable bonds is 7. The van der Waals surface area contributed by atoms with Crippen LogP contribution >= 0.6 is 0 Å². The molecule has 0 spiro atoms. The quantitative estimate of drug-likeness (QED) is 0.434. The molecule has 10 heteroatoms. The fourth-order valence-corrected chi connectivity index (χ4v) is 2.79. The molecular weight excluding hydrogens is 400 g/mol. The van der Waals surface area contributed by atoms with Gasteiger partial charge in [-0.15, -0.1) is 0 Å². The van der Waals surface area contributed by atoms with Crippen molar-refractivity contribution in [1.82, 2.24) is 29.1 Å². The molecule has 10 nitrogen and oxygen atoms in total. The lowest BCUT2D eigenvalue weighted by Gasteiger charge is -2.10. The second-order valence-corrected chi connectivity index (χ2v) is 6.43. The van der Waals surface area contributed by atoms with Gasteiger partial charge >= 0.3 is 11.9 Å². The number of aliphatic carboxylic acids is 2. The molecule has 0 bridgehead atoms. The van der Waals surface area contributed by atoms with Crippen LogP contribution in [0.4, 0.5) is 0 Å². The summed E-state index contributed by atoms with van der Waals surface area (Å²) in [6.45, 7) is 1.47. The fraction of sp³-hybridized carbons (Fsp3) is 0.143. The van der Waals surface area contributed by atoms with Crippen molar-refractivity contribution in [1.29, 1.82) is 0 Å². The molecule has 4 aromatic heterocycles. The summed E-state index contributed by atoms with van der Waals surface area (Å²) in [5.74, 6) is -0.920. The van der Waals surface area contributed by atoms with Crippen LogP contribution in [0.2, 0.25) is 0 Å². The second-order valence-electron chi connectivity index (χ2n) is 6.43. The van der Waals surface area contributed by atoms with Crippen molar-refractivity contribution in [2.75, 3.05) is 0 Å². The number of hydrogen-bond donors (Lipinski definition) is 2. The summed E-state index contributed by atoms with van der Waals surface area (Å²) < 4.78 is 4.20.